The predicted octanol–water partition coefficient (Wildman–Crippen LogP) is 1.22. The van der Waals surface area contributed by atoms with Crippen LogP contribution in [0.1, 0.15) is 47.8 Å². The van der Waals surface area contributed by atoms with Crippen molar-refractivity contribution in [2.75, 3.05) is 13.1 Å². The van der Waals surface area contributed by atoms with Gasteiger partial charge in [-0.2, -0.15) is 5.10 Å². The SMILES string of the molecule is O=C(O)C1CCN(C(=O)c2cc(C3CC3)[nH]n2)CC1. The number of H-pyrrole nitrogens is 1. The summed E-state index contributed by atoms with van der Waals surface area (Å²) in [6, 6.07) is 1.84. The third-order valence-electron chi connectivity index (χ3n) is 3.97. The van der Waals surface area contributed by atoms with E-state index in [4.69, 9.17) is 5.11 Å². The maximum absolute atomic E-state index is 12.2. The van der Waals surface area contributed by atoms with E-state index in [0.717, 1.165) is 5.69 Å². The molecular formula is C13H17N3O3. The van der Waals surface area contributed by atoms with E-state index in [9.17, 15) is 9.59 Å². The normalized spacial score (nSPS) is 20.5. The number of aliphatic carboxylic acids is 1. The molecule has 1 aliphatic heterocycles. The van der Waals surface area contributed by atoms with Gasteiger partial charge in [-0.1, -0.05) is 0 Å². The molecule has 1 aliphatic carbocycles. The van der Waals surface area contributed by atoms with E-state index in [0.29, 0.717) is 37.5 Å². The van der Waals surface area contributed by atoms with Gasteiger partial charge in [-0.3, -0.25) is 14.7 Å². The van der Waals surface area contributed by atoms with E-state index in [-0.39, 0.29) is 11.8 Å². The molecular weight excluding hydrogens is 246 g/mol. The summed E-state index contributed by atoms with van der Waals surface area (Å²) in [6.07, 6.45) is 3.39. The number of carboxylic acid groups (broad SMARTS) is 1. The highest BCUT2D eigenvalue weighted by molar-refractivity contribution is 5.92. The number of hydrogen-bond acceptors (Lipinski definition) is 3. The molecule has 0 unspecified atom stereocenters. The first kappa shape index (κ1) is 12.2. The number of likely N-dealkylation sites (tertiary alicyclic amines) is 1. The van der Waals surface area contributed by atoms with Crippen molar-refractivity contribution in [3.8, 4) is 0 Å². The average molecular weight is 263 g/mol. The lowest BCUT2D eigenvalue weighted by Crippen LogP contribution is -2.40. The number of nitrogens with zero attached hydrogens (tertiary/aromatic N) is 2. The molecule has 2 aliphatic rings. The molecule has 1 saturated heterocycles. The molecule has 102 valence electrons. The lowest BCUT2D eigenvalue weighted by molar-refractivity contribution is -0.143. The average Bonchev–Trinajstić information content (AvgIpc) is 3.16. The highest BCUT2D eigenvalue weighted by Crippen LogP contribution is 2.39. The van der Waals surface area contributed by atoms with Gasteiger partial charge in [0.1, 0.15) is 5.69 Å². The Bertz CT molecular complexity index is 499. The topological polar surface area (TPSA) is 86.3 Å². The summed E-state index contributed by atoms with van der Waals surface area (Å²) in [4.78, 5) is 24.8. The summed E-state index contributed by atoms with van der Waals surface area (Å²) in [5.74, 6) is -0.619. The molecule has 1 saturated carbocycles. The molecule has 1 aromatic heterocycles. The fourth-order valence-electron chi connectivity index (χ4n) is 2.54. The quantitative estimate of drug-likeness (QED) is 0.858. The first-order valence-corrected chi connectivity index (χ1v) is 6.72. The molecule has 0 bridgehead atoms. The van der Waals surface area contributed by atoms with Crippen molar-refractivity contribution < 1.29 is 14.7 Å². The summed E-state index contributed by atoms with van der Waals surface area (Å²) >= 11 is 0. The van der Waals surface area contributed by atoms with Crippen molar-refractivity contribution in [1.29, 1.82) is 0 Å². The second-order valence-corrected chi connectivity index (χ2v) is 5.39. The van der Waals surface area contributed by atoms with Crippen LogP contribution >= 0.6 is 0 Å². The number of nitrogens with one attached hydrogen (secondary N) is 1. The minimum Gasteiger partial charge on any atom is -0.481 e. The number of carbonyl (C=O) groups is 2. The van der Waals surface area contributed by atoms with Crippen molar-refractivity contribution >= 4 is 11.9 Å². The zero-order valence-corrected chi connectivity index (χ0v) is 10.6. The van der Waals surface area contributed by atoms with Crippen molar-refractivity contribution in [3.63, 3.8) is 0 Å². The zero-order chi connectivity index (χ0) is 13.4. The standard InChI is InChI=1S/C13H17N3O3/c17-12(11-7-10(14-15-11)8-1-2-8)16-5-3-9(4-6-16)13(18)19/h7-9H,1-6H2,(H,14,15)(H,18,19). The number of carbonyl (C=O) groups excluding carboxylic acids is 1. The maximum Gasteiger partial charge on any atom is 0.306 e. The Labute approximate surface area is 110 Å². The smallest absolute Gasteiger partial charge is 0.306 e. The van der Waals surface area contributed by atoms with E-state index >= 15 is 0 Å². The van der Waals surface area contributed by atoms with Crippen LogP contribution in [0.4, 0.5) is 0 Å². The van der Waals surface area contributed by atoms with Crippen LogP contribution in [-0.2, 0) is 4.79 Å². The minimum atomic E-state index is -0.761. The molecule has 2 heterocycles. The third-order valence-corrected chi connectivity index (χ3v) is 3.97. The summed E-state index contributed by atoms with van der Waals surface area (Å²) in [5.41, 5.74) is 1.50. The van der Waals surface area contributed by atoms with Gasteiger partial charge in [0.25, 0.3) is 5.91 Å². The first-order chi connectivity index (χ1) is 9.15. The van der Waals surface area contributed by atoms with E-state index in [2.05, 4.69) is 10.2 Å². The van der Waals surface area contributed by atoms with Gasteiger partial charge >= 0.3 is 5.97 Å². The molecule has 0 spiro atoms. The summed E-state index contributed by atoms with van der Waals surface area (Å²) in [6.45, 7) is 1.00. The van der Waals surface area contributed by atoms with Crippen LogP contribution in [0.3, 0.4) is 0 Å². The van der Waals surface area contributed by atoms with Gasteiger partial charge in [0, 0.05) is 24.7 Å². The van der Waals surface area contributed by atoms with E-state index < -0.39 is 5.97 Å². The van der Waals surface area contributed by atoms with Gasteiger partial charge < -0.3 is 10.0 Å². The molecule has 0 atom stereocenters. The first-order valence-electron chi connectivity index (χ1n) is 6.72. The van der Waals surface area contributed by atoms with Gasteiger partial charge in [0.05, 0.1) is 5.92 Å². The van der Waals surface area contributed by atoms with E-state index in [1.54, 1.807) is 4.90 Å². The van der Waals surface area contributed by atoms with Crippen LogP contribution in [0.2, 0.25) is 0 Å². The number of aromatic amines is 1. The second-order valence-electron chi connectivity index (χ2n) is 5.39. The maximum atomic E-state index is 12.2. The minimum absolute atomic E-state index is 0.0908. The molecule has 3 rings (SSSR count). The molecule has 6 nitrogen and oxygen atoms in total. The highest BCUT2D eigenvalue weighted by Gasteiger charge is 2.30. The molecule has 0 radical (unpaired) electrons. The van der Waals surface area contributed by atoms with Crippen LogP contribution in [0.15, 0.2) is 6.07 Å². The lowest BCUT2D eigenvalue weighted by Gasteiger charge is -2.29. The Morgan fingerprint density at radius 1 is 1.26 bits per heavy atom. The van der Waals surface area contributed by atoms with E-state index in [1.807, 2.05) is 6.07 Å². The Morgan fingerprint density at radius 2 is 1.95 bits per heavy atom. The van der Waals surface area contributed by atoms with Gasteiger partial charge in [-0.25, -0.2) is 0 Å². The molecule has 2 N–H and O–H groups in total. The number of piperidine rings is 1. The third kappa shape index (κ3) is 2.47. The van der Waals surface area contributed by atoms with Gasteiger partial charge in [0.15, 0.2) is 0 Å². The number of aromatic nitrogens is 2. The summed E-state index contributed by atoms with van der Waals surface area (Å²) < 4.78 is 0. The van der Waals surface area contributed by atoms with Gasteiger partial charge in [-0.15, -0.1) is 0 Å². The fourth-order valence-corrected chi connectivity index (χ4v) is 2.54. The number of amides is 1. The Balaban J connectivity index is 1.62. The molecule has 19 heavy (non-hydrogen) atoms. The van der Waals surface area contributed by atoms with Crippen LogP contribution in [0, 0.1) is 5.92 Å². The second kappa shape index (κ2) is 4.68. The fraction of sp³-hybridized carbons (Fsp3) is 0.615. The van der Waals surface area contributed by atoms with Crippen molar-refractivity contribution in [2.45, 2.75) is 31.6 Å². The van der Waals surface area contributed by atoms with E-state index in [1.165, 1.54) is 12.8 Å². The zero-order valence-electron chi connectivity index (χ0n) is 10.6. The van der Waals surface area contributed by atoms with Crippen LogP contribution < -0.4 is 0 Å². The summed E-state index contributed by atoms with van der Waals surface area (Å²) in [5, 5.41) is 15.9. The summed E-state index contributed by atoms with van der Waals surface area (Å²) in [7, 11) is 0. The predicted molar refractivity (Wildman–Crippen MR) is 66.8 cm³/mol. The monoisotopic (exact) mass is 263 g/mol. The molecule has 1 amide bonds. The van der Waals surface area contributed by atoms with Crippen LogP contribution in [-0.4, -0.2) is 45.2 Å². The van der Waals surface area contributed by atoms with Crippen molar-refractivity contribution in [2.24, 2.45) is 5.92 Å². The van der Waals surface area contributed by atoms with Crippen molar-refractivity contribution in [1.82, 2.24) is 15.1 Å². The lowest BCUT2D eigenvalue weighted by atomic mass is 9.97. The van der Waals surface area contributed by atoms with Crippen LogP contribution in [0.25, 0.3) is 0 Å². The Morgan fingerprint density at radius 3 is 2.53 bits per heavy atom. The number of hydrogen-bond donors (Lipinski definition) is 2. The Hall–Kier alpha value is -1.85. The molecule has 1 aromatic rings. The number of rotatable bonds is 3. The largest absolute Gasteiger partial charge is 0.481 e. The van der Waals surface area contributed by atoms with Crippen LogP contribution in [0.5, 0.6) is 0 Å². The number of carboxylic acids is 1. The molecule has 6 heteroatoms. The van der Waals surface area contributed by atoms with Gasteiger partial charge in [-0.05, 0) is 31.7 Å². The molecule has 0 aromatic carbocycles. The van der Waals surface area contributed by atoms with Gasteiger partial charge in [0.2, 0.25) is 0 Å². The highest BCUT2D eigenvalue weighted by atomic mass is 16.4. The van der Waals surface area contributed by atoms with Crippen molar-refractivity contribution in [3.05, 3.63) is 17.5 Å². The molecule has 2 fully saturated rings. The Kier molecular flexibility index (Phi) is 3.00.